The van der Waals surface area contributed by atoms with Crippen molar-refractivity contribution in [1.82, 2.24) is 0 Å². The van der Waals surface area contributed by atoms with E-state index in [0.717, 1.165) is 17.8 Å². The van der Waals surface area contributed by atoms with Crippen LogP contribution < -0.4 is 0 Å². The molecule has 0 aromatic heterocycles. The largest absolute Gasteiger partial charge is 0.123 e. The van der Waals surface area contributed by atoms with Gasteiger partial charge < -0.3 is 0 Å². The van der Waals surface area contributed by atoms with Crippen LogP contribution in [0.3, 0.4) is 0 Å². The summed E-state index contributed by atoms with van der Waals surface area (Å²) >= 11 is 6.51. The molecule has 0 N–H and O–H groups in total. The van der Waals surface area contributed by atoms with Gasteiger partial charge in [0.05, 0.1) is 0 Å². The molecule has 0 amide bonds. The lowest BCUT2D eigenvalue weighted by Crippen LogP contribution is -2.31. The summed E-state index contributed by atoms with van der Waals surface area (Å²) in [6.45, 7) is 2.35. The summed E-state index contributed by atoms with van der Waals surface area (Å²) in [6, 6.07) is 0. The molecule has 0 spiro atoms. The Balaban J connectivity index is 1.90. The molecule has 4 atom stereocenters. The summed E-state index contributed by atoms with van der Waals surface area (Å²) in [6.07, 6.45) is 12.8. The molecule has 0 bridgehead atoms. The molecule has 0 saturated heterocycles. The second kappa shape index (κ2) is 5.57. The van der Waals surface area contributed by atoms with Crippen molar-refractivity contribution in [2.24, 2.45) is 17.8 Å². The highest BCUT2D eigenvalue weighted by Gasteiger charge is 2.33. The van der Waals surface area contributed by atoms with Gasteiger partial charge in [0, 0.05) is 5.38 Å². The van der Waals surface area contributed by atoms with Crippen molar-refractivity contribution >= 4 is 11.6 Å². The molecule has 15 heavy (non-hydrogen) atoms. The van der Waals surface area contributed by atoms with Crippen LogP contribution in [0.15, 0.2) is 0 Å². The highest BCUT2D eigenvalue weighted by Crippen LogP contribution is 2.42. The molecule has 0 aromatic rings. The molecule has 0 heterocycles. The van der Waals surface area contributed by atoms with Crippen LogP contribution >= 0.6 is 11.6 Å². The van der Waals surface area contributed by atoms with E-state index in [-0.39, 0.29) is 0 Å². The minimum Gasteiger partial charge on any atom is -0.123 e. The van der Waals surface area contributed by atoms with E-state index in [1.54, 1.807) is 0 Å². The van der Waals surface area contributed by atoms with E-state index in [1.807, 2.05) is 0 Å². The van der Waals surface area contributed by atoms with Gasteiger partial charge in [0.2, 0.25) is 0 Å². The van der Waals surface area contributed by atoms with Gasteiger partial charge in [-0.25, -0.2) is 0 Å². The van der Waals surface area contributed by atoms with E-state index in [2.05, 4.69) is 6.92 Å². The Morgan fingerprint density at radius 1 is 1.00 bits per heavy atom. The number of halogens is 1. The maximum absolute atomic E-state index is 6.51. The quantitative estimate of drug-likeness (QED) is 0.584. The molecule has 2 aliphatic rings. The minimum atomic E-state index is 0.499. The predicted molar refractivity (Wildman–Crippen MR) is 67.3 cm³/mol. The molecular formula is C14H25Cl. The summed E-state index contributed by atoms with van der Waals surface area (Å²) in [4.78, 5) is 0. The van der Waals surface area contributed by atoms with Gasteiger partial charge in [-0.1, -0.05) is 45.4 Å². The van der Waals surface area contributed by atoms with Gasteiger partial charge in [0.1, 0.15) is 0 Å². The Bertz CT molecular complexity index is 190. The van der Waals surface area contributed by atoms with Crippen LogP contribution in [0.5, 0.6) is 0 Å². The molecule has 0 aliphatic heterocycles. The zero-order chi connectivity index (χ0) is 10.7. The van der Waals surface area contributed by atoms with Gasteiger partial charge in [-0.2, -0.15) is 0 Å². The fourth-order valence-corrected chi connectivity index (χ4v) is 4.22. The van der Waals surface area contributed by atoms with Crippen LogP contribution in [-0.4, -0.2) is 5.38 Å². The maximum atomic E-state index is 6.51. The molecule has 4 unspecified atom stereocenters. The lowest BCUT2D eigenvalue weighted by atomic mass is 9.70. The maximum Gasteiger partial charge on any atom is 0.0366 e. The van der Waals surface area contributed by atoms with Crippen molar-refractivity contribution in [2.75, 3.05) is 0 Å². The van der Waals surface area contributed by atoms with Crippen molar-refractivity contribution < 1.29 is 0 Å². The standard InChI is InChI=1S/C14H25Cl/c1-2-11-6-5-7-12(10-11)13-8-3-4-9-14(13)15/h11-14H,2-10H2,1H3. The molecule has 2 rings (SSSR count). The first-order valence-electron chi connectivity index (χ1n) is 6.95. The topological polar surface area (TPSA) is 0 Å². The first-order valence-corrected chi connectivity index (χ1v) is 7.39. The first kappa shape index (κ1) is 11.8. The van der Waals surface area contributed by atoms with E-state index >= 15 is 0 Å². The molecular weight excluding hydrogens is 204 g/mol. The van der Waals surface area contributed by atoms with Crippen molar-refractivity contribution in [1.29, 1.82) is 0 Å². The molecule has 2 saturated carbocycles. The van der Waals surface area contributed by atoms with Crippen molar-refractivity contribution in [3.63, 3.8) is 0 Å². The second-order valence-electron chi connectivity index (χ2n) is 5.67. The summed E-state index contributed by atoms with van der Waals surface area (Å²) in [5.74, 6) is 2.83. The van der Waals surface area contributed by atoms with Gasteiger partial charge in [0.15, 0.2) is 0 Å². The zero-order valence-electron chi connectivity index (χ0n) is 10.1. The Morgan fingerprint density at radius 3 is 2.53 bits per heavy atom. The van der Waals surface area contributed by atoms with Crippen LogP contribution in [0.25, 0.3) is 0 Å². The first-order chi connectivity index (χ1) is 7.31. The number of hydrogen-bond donors (Lipinski definition) is 0. The molecule has 1 heteroatoms. The van der Waals surface area contributed by atoms with Crippen LogP contribution in [0.1, 0.15) is 64.7 Å². The summed E-state index contributed by atoms with van der Waals surface area (Å²) in [5, 5.41) is 0.499. The van der Waals surface area contributed by atoms with Crippen molar-refractivity contribution in [3.05, 3.63) is 0 Å². The average molecular weight is 229 g/mol. The second-order valence-corrected chi connectivity index (χ2v) is 6.23. The van der Waals surface area contributed by atoms with Crippen LogP contribution in [0.2, 0.25) is 0 Å². The van der Waals surface area contributed by atoms with Gasteiger partial charge >= 0.3 is 0 Å². The SMILES string of the molecule is CCC1CCCC(C2CCCCC2Cl)C1. The van der Waals surface area contributed by atoms with Gasteiger partial charge in [-0.15, -0.1) is 11.6 Å². The summed E-state index contributed by atoms with van der Waals surface area (Å²) in [5.41, 5.74) is 0. The molecule has 2 aliphatic carbocycles. The Kier molecular flexibility index (Phi) is 4.37. The smallest absolute Gasteiger partial charge is 0.0366 e. The third kappa shape index (κ3) is 2.90. The molecule has 88 valence electrons. The van der Waals surface area contributed by atoms with E-state index in [4.69, 9.17) is 11.6 Å². The van der Waals surface area contributed by atoms with Crippen LogP contribution in [-0.2, 0) is 0 Å². The van der Waals surface area contributed by atoms with Gasteiger partial charge in [-0.05, 0) is 37.0 Å². The number of alkyl halides is 1. The van der Waals surface area contributed by atoms with Crippen molar-refractivity contribution in [2.45, 2.75) is 70.1 Å². The van der Waals surface area contributed by atoms with E-state index < -0.39 is 0 Å². The lowest BCUT2D eigenvalue weighted by Gasteiger charge is -2.38. The van der Waals surface area contributed by atoms with E-state index in [1.165, 1.54) is 57.8 Å². The Hall–Kier alpha value is 0.290. The molecule has 0 aromatic carbocycles. The molecule has 0 radical (unpaired) electrons. The monoisotopic (exact) mass is 228 g/mol. The van der Waals surface area contributed by atoms with Gasteiger partial charge in [-0.3, -0.25) is 0 Å². The van der Waals surface area contributed by atoms with E-state index in [9.17, 15) is 0 Å². The van der Waals surface area contributed by atoms with Crippen LogP contribution in [0, 0.1) is 17.8 Å². The molecule has 2 fully saturated rings. The Morgan fingerprint density at radius 2 is 1.80 bits per heavy atom. The van der Waals surface area contributed by atoms with Crippen LogP contribution in [0.4, 0.5) is 0 Å². The minimum absolute atomic E-state index is 0.499. The lowest BCUT2D eigenvalue weighted by molar-refractivity contribution is 0.160. The highest BCUT2D eigenvalue weighted by molar-refractivity contribution is 6.20. The predicted octanol–water partition coefficient (Wildman–Crippen LogP) is 5.00. The Labute approximate surface area is 99.8 Å². The summed E-state index contributed by atoms with van der Waals surface area (Å²) in [7, 11) is 0. The van der Waals surface area contributed by atoms with Crippen molar-refractivity contribution in [3.8, 4) is 0 Å². The normalized spacial score (nSPS) is 42.8. The molecule has 0 nitrogen and oxygen atoms in total. The van der Waals surface area contributed by atoms with E-state index in [0.29, 0.717) is 5.38 Å². The third-order valence-corrected chi connectivity index (χ3v) is 5.28. The third-order valence-electron chi connectivity index (χ3n) is 4.74. The fourth-order valence-electron chi connectivity index (χ4n) is 3.74. The zero-order valence-corrected chi connectivity index (χ0v) is 10.8. The van der Waals surface area contributed by atoms with Gasteiger partial charge in [0.25, 0.3) is 0 Å². The highest BCUT2D eigenvalue weighted by atomic mass is 35.5. The summed E-state index contributed by atoms with van der Waals surface area (Å²) < 4.78 is 0. The fraction of sp³-hybridized carbons (Fsp3) is 1.00. The average Bonchev–Trinajstić information content (AvgIpc) is 2.30. The number of rotatable bonds is 2. The number of hydrogen-bond acceptors (Lipinski definition) is 0.